The van der Waals surface area contributed by atoms with Crippen molar-refractivity contribution in [3.05, 3.63) is 33.9 Å². The molecule has 0 bridgehead atoms. The number of nitrogens with zero attached hydrogens (tertiary/aromatic N) is 1. The van der Waals surface area contributed by atoms with Crippen molar-refractivity contribution >= 4 is 11.7 Å². The summed E-state index contributed by atoms with van der Waals surface area (Å²) in [4.78, 5) is 21.1. The highest BCUT2D eigenvalue weighted by atomic mass is 16.6. The fourth-order valence-electron chi connectivity index (χ4n) is 1.27. The van der Waals surface area contributed by atoms with E-state index < -0.39 is 28.2 Å². The number of carbonyl (C=O) groups is 1. The van der Waals surface area contributed by atoms with Gasteiger partial charge in [0, 0.05) is 6.07 Å². The maximum Gasteiger partial charge on any atom is 0.312 e. The van der Waals surface area contributed by atoms with Gasteiger partial charge in [-0.15, -0.1) is 0 Å². The number of nitro benzene ring substituents is 1. The molecule has 0 saturated carbocycles. The van der Waals surface area contributed by atoms with E-state index in [-0.39, 0.29) is 0 Å². The Kier molecular flexibility index (Phi) is 3.44. The molecule has 16 heavy (non-hydrogen) atoms. The van der Waals surface area contributed by atoms with Crippen LogP contribution in [0.5, 0.6) is 5.75 Å². The van der Waals surface area contributed by atoms with Crippen LogP contribution in [0.2, 0.25) is 0 Å². The molecule has 6 nitrogen and oxygen atoms in total. The molecule has 1 unspecified atom stereocenters. The first-order chi connectivity index (χ1) is 7.47. The van der Waals surface area contributed by atoms with Gasteiger partial charge < -0.3 is 9.84 Å². The molecule has 0 spiro atoms. The van der Waals surface area contributed by atoms with Gasteiger partial charge in [-0.3, -0.25) is 14.9 Å². The smallest absolute Gasteiger partial charge is 0.312 e. The number of phenols is 1. The summed E-state index contributed by atoms with van der Waals surface area (Å²) in [6.45, 7) is 1.57. The number of methoxy groups -OCH3 is 1. The molecule has 0 aromatic heterocycles. The summed E-state index contributed by atoms with van der Waals surface area (Å²) in [6, 6.07) is 3.80. The lowest BCUT2D eigenvalue weighted by atomic mass is 10.0. The van der Waals surface area contributed by atoms with Gasteiger partial charge in [-0.25, -0.2) is 0 Å². The number of aromatic hydroxyl groups is 1. The minimum Gasteiger partial charge on any atom is -0.502 e. The van der Waals surface area contributed by atoms with Gasteiger partial charge in [0.15, 0.2) is 5.75 Å². The quantitative estimate of drug-likeness (QED) is 0.479. The Hall–Kier alpha value is -2.11. The lowest BCUT2D eigenvalue weighted by molar-refractivity contribution is -0.385. The number of hydrogen-bond acceptors (Lipinski definition) is 5. The monoisotopic (exact) mass is 225 g/mol. The maximum absolute atomic E-state index is 11.2. The van der Waals surface area contributed by atoms with Gasteiger partial charge in [-0.1, -0.05) is 6.07 Å². The fourth-order valence-corrected chi connectivity index (χ4v) is 1.27. The molecule has 0 amide bonds. The summed E-state index contributed by atoms with van der Waals surface area (Å²) in [6.07, 6.45) is 0. The second-order valence-corrected chi connectivity index (χ2v) is 3.25. The molecular weight excluding hydrogens is 214 g/mol. The Bertz CT molecular complexity index is 429. The van der Waals surface area contributed by atoms with Crippen LogP contribution < -0.4 is 0 Å². The predicted octanol–water partition coefficient (Wildman–Crippen LogP) is 1.58. The van der Waals surface area contributed by atoms with Gasteiger partial charge in [0.2, 0.25) is 0 Å². The third-order valence-corrected chi connectivity index (χ3v) is 2.25. The zero-order valence-corrected chi connectivity index (χ0v) is 8.84. The Morgan fingerprint density at radius 3 is 2.69 bits per heavy atom. The third kappa shape index (κ3) is 2.28. The van der Waals surface area contributed by atoms with Crippen LogP contribution in [0.15, 0.2) is 18.2 Å². The Morgan fingerprint density at radius 2 is 2.19 bits per heavy atom. The number of rotatable bonds is 3. The van der Waals surface area contributed by atoms with Gasteiger partial charge in [0.05, 0.1) is 18.0 Å². The lowest BCUT2D eigenvalue weighted by Gasteiger charge is -2.09. The molecule has 0 radical (unpaired) electrons. The van der Waals surface area contributed by atoms with Gasteiger partial charge in [-0.2, -0.15) is 0 Å². The van der Waals surface area contributed by atoms with E-state index in [0.29, 0.717) is 5.56 Å². The van der Waals surface area contributed by atoms with Gasteiger partial charge >= 0.3 is 11.7 Å². The van der Waals surface area contributed by atoms with E-state index in [1.54, 1.807) is 6.92 Å². The standard InChI is InChI=1S/C10H11NO5/c1-6(10(13)16-2)7-3-4-9(12)8(5-7)11(14)15/h3-6,12H,1-2H3. The van der Waals surface area contributed by atoms with Crippen LogP contribution in [-0.2, 0) is 9.53 Å². The van der Waals surface area contributed by atoms with E-state index in [2.05, 4.69) is 4.74 Å². The first kappa shape index (κ1) is 12.0. The molecule has 1 atom stereocenters. The van der Waals surface area contributed by atoms with Crippen LogP contribution in [0.1, 0.15) is 18.4 Å². The van der Waals surface area contributed by atoms with Crippen molar-refractivity contribution in [1.82, 2.24) is 0 Å². The average Bonchev–Trinajstić information content (AvgIpc) is 2.27. The Morgan fingerprint density at radius 1 is 1.56 bits per heavy atom. The van der Waals surface area contributed by atoms with Crippen molar-refractivity contribution in [2.24, 2.45) is 0 Å². The van der Waals surface area contributed by atoms with Crippen LogP contribution in [0.4, 0.5) is 5.69 Å². The van der Waals surface area contributed by atoms with Crippen molar-refractivity contribution < 1.29 is 19.6 Å². The van der Waals surface area contributed by atoms with Gasteiger partial charge in [0.25, 0.3) is 0 Å². The number of hydrogen-bond donors (Lipinski definition) is 1. The molecule has 0 aliphatic rings. The number of nitro groups is 1. The van der Waals surface area contributed by atoms with Crippen molar-refractivity contribution in [1.29, 1.82) is 0 Å². The van der Waals surface area contributed by atoms with Crippen LogP contribution in [0.25, 0.3) is 0 Å². The van der Waals surface area contributed by atoms with Crippen molar-refractivity contribution in [3.8, 4) is 5.75 Å². The molecule has 86 valence electrons. The minimum absolute atomic E-state index is 0.423. The minimum atomic E-state index is -0.706. The molecule has 0 fully saturated rings. The predicted molar refractivity (Wildman–Crippen MR) is 55.2 cm³/mol. The van der Waals surface area contributed by atoms with E-state index >= 15 is 0 Å². The van der Waals surface area contributed by atoms with Crippen LogP contribution in [0, 0.1) is 10.1 Å². The van der Waals surface area contributed by atoms with E-state index in [9.17, 15) is 20.0 Å². The van der Waals surface area contributed by atoms with E-state index in [4.69, 9.17) is 0 Å². The molecule has 0 heterocycles. The van der Waals surface area contributed by atoms with Crippen LogP contribution in [-0.4, -0.2) is 23.1 Å². The highest BCUT2D eigenvalue weighted by molar-refractivity contribution is 5.78. The van der Waals surface area contributed by atoms with Crippen LogP contribution in [0.3, 0.4) is 0 Å². The summed E-state index contributed by atoms with van der Waals surface area (Å²) in [5, 5.41) is 19.8. The van der Waals surface area contributed by atoms with Crippen LogP contribution >= 0.6 is 0 Å². The Labute approximate surface area is 91.6 Å². The molecule has 1 aromatic rings. The van der Waals surface area contributed by atoms with Gasteiger partial charge in [0.1, 0.15) is 0 Å². The maximum atomic E-state index is 11.2. The fraction of sp³-hybridized carbons (Fsp3) is 0.300. The summed E-state index contributed by atoms with van der Waals surface area (Å²) < 4.78 is 4.53. The molecular formula is C10H11NO5. The summed E-state index contributed by atoms with van der Waals surface area (Å²) in [5.41, 5.74) is 0.00426. The Balaban J connectivity index is 3.12. The second kappa shape index (κ2) is 4.61. The first-order valence-electron chi connectivity index (χ1n) is 4.52. The molecule has 0 aliphatic carbocycles. The largest absolute Gasteiger partial charge is 0.502 e. The number of carbonyl (C=O) groups excluding carboxylic acids is 1. The lowest BCUT2D eigenvalue weighted by Crippen LogP contribution is -2.10. The summed E-state index contributed by atoms with van der Waals surface area (Å²) in [7, 11) is 1.24. The molecule has 0 saturated heterocycles. The molecule has 1 N–H and O–H groups in total. The third-order valence-electron chi connectivity index (χ3n) is 2.25. The second-order valence-electron chi connectivity index (χ2n) is 3.25. The van der Waals surface area contributed by atoms with Crippen molar-refractivity contribution in [2.75, 3.05) is 7.11 Å². The topological polar surface area (TPSA) is 89.7 Å². The number of benzene rings is 1. The zero-order valence-electron chi connectivity index (χ0n) is 8.84. The summed E-state index contributed by atoms with van der Waals surface area (Å²) >= 11 is 0. The van der Waals surface area contributed by atoms with E-state index in [1.165, 1.54) is 19.2 Å². The number of phenolic OH excluding ortho intramolecular Hbond substituents is 1. The number of ether oxygens (including phenoxy) is 1. The average molecular weight is 225 g/mol. The van der Waals surface area contributed by atoms with Gasteiger partial charge in [-0.05, 0) is 18.6 Å². The highest BCUT2D eigenvalue weighted by Crippen LogP contribution is 2.29. The SMILES string of the molecule is COC(=O)C(C)c1ccc(O)c([N+](=O)[O-])c1. The molecule has 1 aromatic carbocycles. The molecule has 6 heteroatoms. The van der Waals surface area contributed by atoms with E-state index in [0.717, 1.165) is 6.07 Å². The van der Waals surface area contributed by atoms with Crippen molar-refractivity contribution in [3.63, 3.8) is 0 Å². The van der Waals surface area contributed by atoms with E-state index in [1.807, 2.05) is 0 Å². The zero-order chi connectivity index (χ0) is 12.3. The van der Waals surface area contributed by atoms with Crippen molar-refractivity contribution in [2.45, 2.75) is 12.8 Å². The normalized spacial score (nSPS) is 11.9. The molecule has 1 rings (SSSR count). The highest BCUT2D eigenvalue weighted by Gasteiger charge is 2.20. The number of esters is 1. The summed E-state index contributed by atoms with van der Waals surface area (Å²) in [5.74, 6) is -1.52. The molecule has 0 aliphatic heterocycles. The first-order valence-corrected chi connectivity index (χ1v) is 4.52.